The van der Waals surface area contributed by atoms with Gasteiger partial charge in [-0.1, -0.05) is 0 Å². The maximum Gasteiger partial charge on any atom is 0.101 e. The second kappa shape index (κ2) is 9.00. The molecule has 1 spiro atoms. The van der Waals surface area contributed by atoms with Gasteiger partial charge in [0.2, 0.25) is 0 Å². The highest BCUT2D eigenvalue weighted by Crippen LogP contribution is 2.43. The van der Waals surface area contributed by atoms with Crippen molar-refractivity contribution in [1.82, 2.24) is 14.9 Å². The number of nitrogens with zero attached hydrogens (tertiary/aromatic N) is 6. The van der Waals surface area contributed by atoms with Gasteiger partial charge in [-0.2, -0.15) is 5.26 Å². The van der Waals surface area contributed by atoms with Gasteiger partial charge in [0.05, 0.1) is 41.1 Å². The maximum atomic E-state index is 9.57. The molecule has 3 aromatic rings. The number of aryl methyl sites for hydroxylation is 1. The number of hydrogen-bond donors (Lipinski definition) is 1. The molecule has 3 saturated heterocycles. The molecule has 5 heterocycles. The standard InChI is InChI=1S/C28H32N6O2/c1-19-10-23(11-22(16-35)31-19)34-9-7-28(34)17-32(18-28)14-24-15-33(13-20(2)36-24)26-6-5-21(12-29)27-25(26)4-3-8-30-27/h3-6,8,10-11,20,24,35H,7,9,13-18H2,1-2H3. The summed E-state index contributed by atoms with van der Waals surface area (Å²) in [7, 11) is 0. The van der Waals surface area contributed by atoms with E-state index in [0.29, 0.717) is 5.56 Å². The first-order valence-electron chi connectivity index (χ1n) is 12.7. The maximum absolute atomic E-state index is 9.57. The average Bonchev–Trinajstić information content (AvgIpc) is 2.83. The molecule has 1 N–H and O–H groups in total. The summed E-state index contributed by atoms with van der Waals surface area (Å²) >= 11 is 0. The number of nitriles is 1. The molecule has 3 fully saturated rings. The van der Waals surface area contributed by atoms with E-state index in [1.54, 1.807) is 6.20 Å². The van der Waals surface area contributed by atoms with Crippen LogP contribution in [0.5, 0.6) is 0 Å². The highest BCUT2D eigenvalue weighted by molar-refractivity contribution is 5.95. The van der Waals surface area contributed by atoms with Gasteiger partial charge in [-0.15, -0.1) is 0 Å². The van der Waals surface area contributed by atoms with Crippen LogP contribution in [0.25, 0.3) is 10.9 Å². The molecule has 1 aromatic carbocycles. The van der Waals surface area contributed by atoms with Crippen molar-refractivity contribution >= 4 is 22.3 Å². The minimum Gasteiger partial charge on any atom is -0.390 e. The molecular weight excluding hydrogens is 452 g/mol. The van der Waals surface area contributed by atoms with Gasteiger partial charge in [-0.3, -0.25) is 14.9 Å². The molecule has 2 unspecified atom stereocenters. The Hall–Kier alpha value is -3.25. The number of aliphatic hydroxyl groups excluding tert-OH is 1. The van der Waals surface area contributed by atoms with E-state index in [9.17, 15) is 10.4 Å². The highest BCUT2D eigenvalue weighted by Gasteiger charge is 2.53. The molecule has 2 atom stereocenters. The Labute approximate surface area is 211 Å². The second-order valence-corrected chi connectivity index (χ2v) is 10.5. The lowest BCUT2D eigenvalue weighted by Crippen LogP contribution is -2.78. The van der Waals surface area contributed by atoms with Crippen molar-refractivity contribution in [1.29, 1.82) is 5.26 Å². The van der Waals surface area contributed by atoms with Gasteiger partial charge in [-0.25, -0.2) is 0 Å². The summed E-state index contributed by atoms with van der Waals surface area (Å²) in [5.41, 5.74) is 5.54. The van der Waals surface area contributed by atoms with Crippen molar-refractivity contribution in [3.05, 3.63) is 59.5 Å². The van der Waals surface area contributed by atoms with E-state index in [-0.39, 0.29) is 24.4 Å². The number of aliphatic hydroxyl groups is 1. The molecule has 0 aliphatic carbocycles. The first-order chi connectivity index (χ1) is 17.5. The second-order valence-electron chi connectivity index (χ2n) is 10.5. The lowest BCUT2D eigenvalue weighted by Gasteiger charge is -2.64. The number of ether oxygens (including phenoxy) is 1. The zero-order chi connectivity index (χ0) is 24.9. The van der Waals surface area contributed by atoms with Crippen molar-refractivity contribution in [3.8, 4) is 6.07 Å². The molecule has 8 heteroatoms. The lowest BCUT2D eigenvalue weighted by atomic mass is 9.76. The lowest BCUT2D eigenvalue weighted by molar-refractivity contribution is -0.0632. The van der Waals surface area contributed by atoms with Crippen LogP contribution < -0.4 is 9.80 Å². The highest BCUT2D eigenvalue weighted by atomic mass is 16.5. The summed E-state index contributed by atoms with van der Waals surface area (Å²) in [6, 6.07) is 14.4. The molecule has 3 aliphatic heterocycles. The SMILES string of the molecule is Cc1cc(N2CCC23CN(CC2CN(c4ccc(C#N)c5ncccc45)CC(C)O2)C3)cc(CO)n1. The minimum atomic E-state index is -0.0278. The molecule has 0 amide bonds. The third-order valence-electron chi connectivity index (χ3n) is 7.87. The predicted octanol–water partition coefficient (Wildman–Crippen LogP) is 2.86. The number of aromatic nitrogens is 2. The molecule has 0 radical (unpaired) electrons. The molecule has 2 aromatic heterocycles. The molecule has 36 heavy (non-hydrogen) atoms. The quantitative estimate of drug-likeness (QED) is 0.592. The van der Waals surface area contributed by atoms with Gasteiger partial charge in [0.1, 0.15) is 6.07 Å². The van der Waals surface area contributed by atoms with Crippen molar-refractivity contribution in [2.24, 2.45) is 0 Å². The van der Waals surface area contributed by atoms with Crippen LogP contribution in [0.4, 0.5) is 11.4 Å². The van der Waals surface area contributed by atoms with Crippen LogP contribution in [0, 0.1) is 18.3 Å². The van der Waals surface area contributed by atoms with Crippen molar-refractivity contribution < 1.29 is 9.84 Å². The molecule has 0 saturated carbocycles. The summed E-state index contributed by atoms with van der Waals surface area (Å²) in [4.78, 5) is 16.3. The number of hydrogen-bond acceptors (Lipinski definition) is 8. The summed E-state index contributed by atoms with van der Waals surface area (Å²) < 4.78 is 6.38. The first-order valence-corrected chi connectivity index (χ1v) is 12.7. The summed E-state index contributed by atoms with van der Waals surface area (Å²) in [6.07, 6.45) is 3.18. The number of benzene rings is 1. The third kappa shape index (κ3) is 3.97. The van der Waals surface area contributed by atoms with Crippen molar-refractivity contribution in [3.63, 3.8) is 0 Å². The van der Waals surface area contributed by atoms with E-state index in [2.05, 4.69) is 55.9 Å². The Morgan fingerprint density at radius 3 is 2.83 bits per heavy atom. The predicted molar refractivity (Wildman–Crippen MR) is 139 cm³/mol. The molecular formula is C28H32N6O2. The molecule has 186 valence electrons. The van der Waals surface area contributed by atoms with Crippen LogP contribution in [-0.4, -0.2) is 77.0 Å². The Morgan fingerprint density at radius 1 is 1.22 bits per heavy atom. The number of fused-ring (bicyclic) bond motifs is 1. The Bertz CT molecular complexity index is 1330. The average molecular weight is 485 g/mol. The van der Waals surface area contributed by atoms with E-state index in [1.807, 2.05) is 25.1 Å². The van der Waals surface area contributed by atoms with Gasteiger partial charge in [0, 0.05) is 67.9 Å². The molecule has 6 rings (SSSR count). The zero-order valence-corrected chi connectivity index (χ0v) is 20.9. The minimum absolute atomic E-state index is 0.0278. The van der Waals surface area contributed by atoms with E-state index in [1.165, 1.54) is 12.1 Å². The van der Waals surface area contributed by atoms with Crippen LogP contribution in [0.15, 0.2) is 42.6 Å². The van der Waals surface area contributed by atoms with E-state index in [4.69, 9.17) is 4.74 Å². The van der Waals surface area contributed by atoms with Gasteiger partial charge in [0.15, 0.2) is 0 Å². The zero-order valence-electron chi connectivity index (χ0n) is 20.9. The van der Waals surface area contributed by atoms with Crippen molar-refractivity contribution in [2.45, 2.75) is 44.6 Å². The van der Waals surface area contributed by atoms with Crippen LogP contribution in [0.3, 0.4) is 0 Å². The van der Waals surface area contributed by atoms with Gasteiger partial charge in [0.25, 0.3) is 0 Å². The van der Waals surface area contributed by atoms with Crippen LogP contribution in [0.2, 0.25) is 0 Å². The fourth-order valence-corrected chi connectivity index (χ4v) is 6.30. The largest absolute Gasteiger partial charge is 0.390 e. The summed E-state index contributed by atoms with van der Waals surface area (Å²) in [5, 5.41) is 20.1. The fourth-order valence-electron chi connectivity index (χ4n) is 6.30. The van der Waals surface area contributed by atoms with Gasteiger partial charge in [-0.05, 0) is 56.7 Å². The summed E-state index contributed by atoms with van der Waals surface area (Å²) in [5.74, 6) is 0. The Balaban J connectivity index is 1.14. The Kier molecular flexibility index (Phi) is 5.79. The number of rotatable bonds is 5. The molecule has 3 aliphatic rings. The topological polar surface area (TPSA) is 88.8 Å². The summed E-state index contributed by atoms with van der Waals surface area (Å²) in [6.45, 7) is 9.74. The van der Waals surface area contributed by atoms with E-state index >= 15 is 0 Å². The van der Waals surface area contributed by atoms with E-state index < -0.39 is 0 Å². The third-order valence-corrected chi connectivity index (χ3v) is 7.87. The van der Waals surface area contributed by atoms with Crippen LogP contribution >= 0.6 is 0 Å². The monoisotopic (exact) mass is 484 g/mol. The van der Waals surface area contributed by atoms with Crippen LogP contribution in [0.1, 0.15) is 30.3 Å². The molecule has 0 bridgehead atoms. The van der Waals surface area contributed by atoms with Gasteiger partial charge < -0.3 is 19.6 Å². The Morgan fingerprint density at radius 2 is 2.08 bits per heavy atom. The van der Waals surface area contributed by atoms with Gasteiger partial charge >= 0.3 is 0 Å². The number of anilines is 2. The van der Waals surface area contributed by atoms with Crippen LogP contribution in [-0.2, 0) is 11.3 Å². The number of likely N-dealkylation sites (tertiary alicyclic amines) is 1. The normalized spacial score (nSPS) is 23.4. The smallest absolute Gasteiger partial charge is 0.101 e. The van der Waals surface area contributed by atoms with Crippen molar-refractivity contribution in [2.75, 3.05) is 49.1 Å². The van der Waals surface area contributed by atoms with E-state index in [0.717, 1.165) is 67.2 Å². The number of pyridine rings is 2. The fraction of sp³-hybridized carbons (Fsp3) is 0.464. The number of morpholine rings is 1. The first kappa shape index (κ1) is 23.2. The molecule has 8 nitrogen and oxygen atoms in total.